The molecular weight excluding hydrogens is 200 g/mol. The Kier molecular flexibility index (Phi) is 3.71. The summed E-state index contributed by atoms with van der Waals surface area (Å²) in [5, 5.41) is 0. The zero-order valence-corrected chi connectivity index (χ0v) is 7.90. The van der Waals surface area contributed by atoms with Crippen LogP contribution in [0.5, 0.6) is 0 Å². The molecule has 0 aromatic heterocycles. The summed E-state index contributed by atoms with van der Waals surface area (Å²) < 4.78 is 9.26. The normalized spacial score (nSPS) is 10.8. The molecule has 0 spiro atoms. The Morgan fingerprint density at radius 3 is 2.30 bits per heavy atom. The predicted octanol–water partition coefficient (Wildman–Crippen LogP) is 2.29. The van der Waals surface area contributed by atoms with E-state index >= 15 is 0 Å². The van der Waals surface area contributed by atoms with Gasteiger partial charge in [0.25, 0.3) is 0 Å². The van der Waals surface area contributed by atoms with Crippen LogP contribution in [0.2, 0.25) is 0 Å². The lowest BCUT2D eigenvalue weighted by Gasteiger charge is -2.17. The standard InChI is InChI=1S/C6H11BrO3/c1-6(2,3)10-5(8)9-4-7/h4H2,1-3H3. The summed E-state index contributed by atoms with van der Waals surface area (Å²) in [4.78, 5) is 10.6. The zero-order chi connectivity index (χ0) is 8.20. The summed E-state index contributed by atoms with van der Waals surface area (Å²) in [6.07, 6.45) is -0.649. The van der Waals surface area contributed by atoms with Gasteiger partial charge in [0.05, 0.1) is 0 Å². The van der Waals surface area contributed by atoms with Crippen LogP contribution in [0.3, 0.4) is 0 Å². The smallest absolute Gasteiger partial charge is 0.429 e. The maximum Gasteiger partial charge on any atom is 0.509 e. The first-order valence-corrected chi connectivity index (χ1v) is 3.99. The minimum Gasteiger partial charge on any atom is -0.429 e. The maximum atomic E-state index is 10.6. The van der Waals surface area contributed by atoms with Crippen molar-refractivity contribution in [2.45, 2.75) is 26.4 Å². The van der Waals surface area contributed by atoms with E-state index in [1.807, 2.05) is 0 Å². The van der Waals surface area contributed by atoms with Crippen LogP contribution in [0.1, 0.15) is 20.8 Å². The third-order valence-electron chi connectivity index (χ3n) is 0.562. The average Bonchev–Trinajstić information content (AvgIpc) is 1.59. The Morgan fingerprint density at radius 2 is 2.00 bits per heavy atom. The van der Waals surface area contributed by atoms with Crippen LogP contribution in [-0.4, -0.2) is 17.3 Å². The number of hydrogen-bond donors (Lipinski definition) is 0. The van der Waals surface area contributed by atoms with Gasteiger partial charge < -0.3 is 9.47 Å². The highest BCUT2D eigenvalue weighted by Gasteiger charge is 2.16. The molecule has 60 valence electrons. The van der Waals surface area contributed by atoms with Crippen molar-refractivity contribution in [3.05, 3.63) is 0 Å². The van der Waals surface area contributed by atoms with Crippen molar-refractivity contribution in [2.75, 3.05) is 5.52 Å². The van der Waals surface area contributed by atoms with E-state index in [0.717, 1.165) is 0 Å². The molecule has 0 unspecified atom stereocenters. The fraction of sp³-hybridized carbons (Fsp3) is 0.833. The fourth-order valence-electron chi connectivity index (χ4n) is 0.324. The first-order chi connectivity index (χ1) is 4.45. The number of alkyl halides is 1. The molecule has 0 aromatic carbocycles. The molecule has 0 radical (unpaired) electrons. The molecule has 10 heavy (non-hydrogen) atoms. The van der Waals surface area contributed by atoms with Gasteiger partial charge in [-0.3, -0.25) is 0 Å². The summed E-state index contributed by atoms with van der Waals surface area (Å²) in [7, 11) is 0. The monoisotopic (exact) mass is 210 g/mol. The molecule has 0 aromatic rings. The lowest BCUT2D eigenvalue weighted by Crippen LogP contribution is -2.24. The minimum atomic E-state index is -0.649. The van der Waals surface area contributed by atoms with Gasteiger partial charge in [0.2, 0.25) is 0 Å². The van der Waals surface area contributed by atoms with E-state index in [-0.39, 0.29) is 5.52 Å². The first kappa shape index (κ1) is 9.75. The molecule has 0 amide bonds. The summed E-state index contributed by atoms with van der Waals surface area (Å²) in [6.45, 7) is 5.34. The third kappa shape index (κ3) is 5.88. The van der Waals surface area contributed by atoms with Gasteiger partial charge >= 0.3 is 6.16 Å². The zero-order valence-electron chi connectivity index (χ0n) is 6.31. The number of rotatable bonds is 1. The summed E-state index contributed by atoms with van der Waals surface area (Å²) in [5.41, 5.74) is -0.304. The molecule has 3 nitrogen and oxygen atoms in total. The second-order valence-corrected chi connectivity index (χ2v) is 3.18. The molecule has 0 bridgehead atoms. The van der Waals surface area contributed by atoms with Gasteiger partial charge in [-0.25, -0.2) is 4.79 Å². The molecule has 0 rings (SSSR count). The van der Waals surface area contributed by atoms with Crippen molar-refractivity contribution < 1.29 is 14.3 Å². The van der Waals surface area contributed by atoms with Gasteiger partial charge in [-0.15, -0.1) is 0 Å². The average molecular weight is 211 g/mol. The van der Waals surface area contributed by atoms with Gasteiger partial charge in [0.1, 0.15) is 11.1 Å². The van der Waals surface area contributed by atoms with Crippen molar-refractivity contribution in [1.29, 1.82) is 0 Å². The molecule has 4 heteroatoms. The molecule has 0 aliphatic rings. The summed E-state index contributed by atoms with van der Waals surface area (Å²) in [5.74, 6) is 0. The van der Waals surface area contributed by atoms with Gasteiger partial charge in [0, 0.05) is 0 Å². The molecule has 0 aliphatic carbocycles. The Labute approximate surface area is 68.8 Å². The van der Waals surface area contributed by atoms with E-state index in [4.69, 9.17) is 4.74 Å². The van der Waals surface area contributed by atoms with Crippen LogP contribution in [0.4, 0.5) is 4.79 Å². The van der Waals surface area contributed by atoms with Gasteiger partial charge in [-0.2, -0.15) is 0 Å². The Bertz CT molecular complexity index is 117. The largest absolute Gasteiger partial charge is 0.509 e. The molecule has 0 saturated carbocycles. The lowest BCUT2D eigenvalue weighted by molar-refractivity contribution is 0.00146. The SMILES string of the molecule is CC(C)(C)OC(=O)OCBr. The Balaban J connectivity index is 3.58. The van der Waals surface area contributed by atoms with Crippen LogP contribution in [0.25, 0.3) is 0 Å². The number of carbonyl (C=O) groups excluding carboxylic acids is 1. The van der Waals surface area contributed by atoms with Crippen molar-refractivity contribution in [2.24, 2.45) is 0 Å². The third-order valence-corrected chi connectivity index (χ3v) is 0.791. The number of hydrogen-bond acceptors (Lipinski definition) is 3. The van der Waals surface area contributed by atoms with Crippen LogP contribution >= 0.6 is 15.9 Å². The molecule has 0 aliphatic heterocycles. The highest BCUT2D eigenvalue weighted by atomic mass is 79.9. The van der Waals surface area contributed by atoms with E-state index in [2.05, 4.69) is 20.7 Å². The van der Waals surface area contributed by atoms with Gasteiger partial charge in [-0.05, 0) is 36.7 Å². The van der Waals surface area contributed by atoms with E-state index in [1.165, 1.54) is 0 Å². The Morgan fingerprint density at radius 1 is 1.50 bits per heavy atom. The number of ether oxygens (including phenoxy) is 2. The van der Waals surface area contributed by atoms with Crippen molar-refractivity contribution in [3.8, 4) is 0 Å². The van der Waals surface area contributed by atoms with Crippen molar-refractivity contribution in [1.82, 2.24) is 0 Å². The molecule has 0 heterocycles. The molecular formula is C6H11BrO3. The van der Waals surface area contributed by atoms with Crippen LogP contribution < -0.4 is 0 Å². The van der Waals surface area contributed by atoms with Crippen LogP contribution in [0.15, 0.2) is 0 Å². The van der Waals surface area contributed by atoms with Crippen LogP contribution in [0, 0.1) is 0 Å². The van der Waals surface area contributed by atoms with E-state index in [0.29, 0.717) is 0 Å². The second kappa shape index (κ2) is 3.81. The predicted molar refractivity (Wildman–Crippen MR) is 41.1 cm³/mol. The van der Waals surface area contributed by atoms with Crippen LogP contribution in [-0.2, 0) is 9.47 Å². The minimum absolute atomic E-state index is 0.169. The first-order valence-electron chi connectivity index (χ1n) is 2.87. The summed E-state index contributed by atoms with van der Waals surface area (Å²) in [6, 6.07) is 0. The quantitative estimate of drug-likeness (QED) is 0.493. The molecule has 0 saturated heterocycles. The molecule has 0 N–H and O–H groups in total. The maximum absolute atomic E-state index is 10.6. The fourth-order valence-corrected chi connectivity index (χ4v) is 0.511. The topological polar surface area (TPSA) is 35.5 Å². The molecule has 0 atom stereocenters. The van der Waals surface area contributed by atoms with E-state index < -0.39 is 11.8 Å². The number of halogens is 1. The second-order valence-electron chi connectivity index (χ2n) is 2.72. The Hall–Kier alpha value is -0.250. The van der Waals surface area contributed by atoms with E-state index in [1.54, 1.807) is 20.8 Å². The van der Waals surface area contributed by atoms with Crippen molar-refractivity contribution in [3.63, 3.8) is 0 Å². The lowest BCUT2D eigenvalue weighted by atomic mass is 10.2. The number of carbonyl (C=O) groups is 1. The van der Waals surface area contributed by atoms with E-state index in [9.17, 15) is 4.79 Å². The highest BCUT2D eigenvalue weighted by molar-refractivity contribution is 9.09. The summed E-state index contributed by atoms with van der Waals surface area (Å²) >= 11 is 2.93. The highest BCUT2D eigenvalue weighted by Crippen LogP contribution is 2.07. The molecule has 0 fully saturated rings. The van der Waals surface area contributed by atoms with Crippen molar-refractivity contribution >= 4 is 22.1 Å². The van der Waals surface area contributed by atoms with Gasteiger partial charge in [-0.1, -0.05) is 0 Å². The van der Waals surface area contributed by atoms with Gasteiger partial charge in [0.15, 0.2) is 0 Å².